The summed E-state index contributed by atoms with van der Waals surface area (Å²) < 4.78 is 18.6. The maximum atomic E-state index is 12.4. The van der Waals surface area contributed by atoms with Gasteiger partial charge in [-0.2, -0.15) is 5.26 Å². The van der Waals surface area contributed by atoms with Crippen LogP contribution in [0, 0.1) is 11.3 Å². The molecule has 2 amide bonds. The van der Waals surface area contributed by atoms with Gasteiger partial charge in [-0.3, -0.25) is 0 Å². The van der Waals surface area contributed by atoms with Crippen molar-refractivity contribution in [3.05, 3.63) is 23.8 Å². The smallest absolute Gasteiger partial charge is 0.426 e. The summed E-state index contributed by atoms with van der Waals surface area (Å²) >= 11 is 0.819. The van der Waals surface area contributed by atoms with E-state index in [2.05, 4.69) is 0 Å². The van der Waals surface area contributed by atoms with Gasteiger partial charge in [0.25, 0.3) is 0 Å². The molecule has 8 nitrogen and oxygen atoms in total. The number of carbonyl (C=O) groups is 2. The van der Waals surface area contributed by atoms with Gasteiger partial charge in [-0.25, -0.2) is 18.2 Å². The summed E-state index contributed by atoms with van der Waals surface area (Å²) in [6.07, 6.45) is -0.455. The maximum absolute atomic E-state index is 12.4. The minimum atomic E-state index is -0.673. The molecule has 0 aromatic heterocycles. The zero-order valence-electron chi connectivity index (χ0n) is 15.9. The lowest BCUT2D eigenvalue weighted by Crippen LogP contribution is -2.34. The Morgan fingerprint density at radius 3 is 2.78 bits per heavy atom. The molecular weight excluding hydrogens is 370 g/mol. The summed E-state index contributed by atoms with van der Waals surface area (Å²) in [5.74, 6) is 0.885. The lowest BCUT2D eigenvalue weighted by molar-refractivity contribution is 0.130. The van der Waals surface area contributed by atoms with Crippen LogP contribution in [0.15, 0.2) is 18.2 Å². The average molecular weight is 393 g/mol. The Morgan fingerprint density at radius 2 is 2.11 bits per heavy atom. The molecule has 0 saturated carbocycles. The van der Waals surface area contributed by atoms with E-state index in [1.54, 1.807) is 19.1 Å². The Balaban J connectivity index is 2.04. The molecule has 0 fully saturated rings. The van der Waals surface area contributed by atoms with E-state index in [-0.39, 0.29) is 25.2 Å². The fraction of sp³-hybridized carbons (Fsp3) is 0.500. The minimum Gasteiger partial charge on any atom is -0.483 e. The number of carbonyl (C=O) groups excluding carboxylic acids is 2. The molecule has 0 radical (unpaired) electrons. The second-order valence-electron chi connectivity index (χ2n) is 6.44. The van der Waals surface area contributed by atoms with Crippen molar-refractivity contribution >= 4 is 24.3 Å². The highest BCUT2D eigenvalue weighted by atomic mass is 32.2. The van der Waals surface area contributed by atoms with Crippen LogP contribution in [-0.4, -0.2) is 46.6 Å². The van der Waals surface area contributed by atoms with Gasteiger partial charge in [0, 0.05) is 19.0 Å². The molecule has 1 aliphatic rings. The predicted octanol–water partition coefficient (Wildman–Crippen LogP) is 3.77. The monoisotopic (exact) mass is 393 g/mol. The molecule has 0 unspecified atom stereocenters. The number of benzene rings is 1. The number of hydrogen-bond acceptors (Lipinski definition) is 7. The summed E-state index contributed by atoms with van der Waals surface area (Å²) in [5, 5.41) is 8.74. The molecule has 0 atom stereocenters. The second-order valence-corrected chi connectivity index (χ2v) is 7.59. The molecule has 9 heteroatoms. The van der Waals surface area contributed by atoms with Gasteiger partial charge in [0.15, 0.2) is 11.5 Å². The summed E-state index contributed by atoms with van der Waals surface area (Å²) in [5.41, 5.74) is 0.617. The molecule has 1 aromatic carbocycles. The largest absolute Gasteiger partial charge is 0.483 e. The molecule has 0 bridgehead atoms. The first-order valence-electron chi connectivity index (χ1n) is 8.53. The van der Waals surface area contributed by atoms with Crippen LogP contribution in [0.5, 0.6) is 11.5 Å². The number of nitriles is 1. The van der Waals surface area contributed by atoms with Gasteiger partial charge >= 0.3 is 12.2 Å². The molecule has 146 valence electrons. The van der Waals surface area contributed by atoms with Crippen LogP contribution in [0.3, 0.4) is 0 Å². The van der Waals surface area contributed by atoms with Crippen molar-refractivity contribution < 1.29 is 23.8 Å². The molecule has 0 saturated heterocycles. The van der Waals surface area contributed by atoms with Gasteiger partial charge in [-0.1, -0.05) is 12.1 Å². The van der Waals surface area contributed by atoms with Gasteiger partial charge in [0.2, 0.25) is 0 Å². The van der Waals surface area contributed by atoms with E-state index in [0.29, 0.717) is 11.5 Å². The Labute approximate surface area is 163 Å². The Hall–Kier alpha value is -2.60. The molecule has 0 aliphatic carbocycles. The first-order chi connectivity index (χ1) is 12.8. The molecule has 2 rings (SSSR count). The van der Waals surface area contributed by atoms with E-state index < -0.39 is 12.2 Å². The summed E-state index contributed by atoms with van der Waals surface area (Å²) in [7, 11) is 1.47. The van der Waals surface area contributed by atoms with E-state index in [9.17, 15) is 9.59 Å². The van der Waals surface area contributed by atoms with Crippen LogP contribution in [0.4, 0.5) is 9.59 Å². The summed E-state index contributed by atoms with van der Waals surface area (Å²) in [6.45, 7) is 5.93. The first-order valence-corrected chi connectivity index (χ1v) is 9.26. The molecule has 0 spiro atoms. The standard InChI is InChI=1S/C18H23N3O5S/c1-5-24-17(23)21(11-7-10-19)27-20(4)16(22)25-14-9-6-8-13-12-18(2,3)26-15(13)14/h6,8-9H,5,7,11-12H2,1-4H3. The molecule has 27 heavy (non-hydrogen) atoms. The van der Waals surface area contributed by atoms with Crippen LogP contribution in [0.1, 0.15) is 32.8 Å². The third kappa shape index (κ3) is 5.44. The average Bonchev–Trinajstić information content (AvgIpc) is 2.93. The maximum Gasteiger partial charge on any atom is 0.426 e. The van der Waals surface area contributed by atoms with Crippen molar-refractivity contribution in [3.63, 3.8) is 0 Å². The minimum absolute atomic E-state index is 0.115. The third-order valence-electron chi connectivity index (χ3n) is 3.63. The van der Waals surface area contributed by atoms with Gasteiger partial charge < -0.3 is 14.2 Å². The molecule has 1 aliphatic heterocycles. The van der Waals surface area contributed by atoms with Crippen molar-refractivity contribution in [1.29, 1.82) is 5.26 Å². The molecule has 1 heterocycles. The fourth-order valence-corrected chi connectivity index (χ4v) is 3.21. The van der Waals surface area contributed by atoms with Gasteiger partial charge in [0.1, 0.15) is 5.60 Å². The quantitative estimate of drug-likeness (QED) is 0.679. The molecule has 0 N–H and O–H groups in total. The number of amides is 2. The number of rotatable bonds is 6. The number of fused-ring (bicyclic) bond motifs is 1. The zero-order chi connectivity index (χ0) is 20.0. The number of para-hydroxylation sites is 1. The van der Waals surface area contributed by atoms with Crippen molar-refractivity contribution in [2.75, 3.05) is 20.2 Å². The normalized spacial score (nSPS) is 13.7. The number of ether oxygens (including phenoxy) is 3. The highest BCUT2D eigenvalue weighted by molar-refractivity contribution is 7.95. The number of hydrogen-bond donors (Lipinski definition) is 0. The third-order valence-corrected chi connectivity index (χ3v) is 4.55. The van der Waals surface area contributed by atoms with Crippen LogP contribution in [-0.2, 0) is 11.2 Å². The predicted molar refractivity (Wildman–Crippen MR) is 100 cm³/mol. The van der Waals surface area contributed by atoms with E-state index in [0.717, 1.165) is 28.4 Å². The van der Waals surface area contributed by atoms with Crippen LogP contribution < -0.4 is 9.47 Å². The van der Waals surface area contributed by atoms with E-state index in [4.69, 9.17) is 19.5 Å². The molecular formula is C18H23N3O5S. The first kappa shape index (κ1) is 20.7. The van der Waals surface area contributed by atoms with Gasteiger partial charge in [-0.05, 0) is 26.8 Å². The van der Waals surface area contributed by atoms with Crippen molar-refractivity contribution in [2.24, 2.45) is 0 Å². The highest BCUT2D eigenvalue weighted by Gasteiger charge is 2.33. The molecule has 1 aromatic rings. The van der Waals surface area contributed by atoms with Crippen LogP contribution >= 0.6 is 12.1 Å². The summed E-state index contributed by atoms with van der Waals surface area (Å²) in [6, 6.07) is 7.36. The SMILES string of the molecule is CCOC(=O)N(CCC#N)SN(C)C(=O)Oc1cccc2c1OC(C)(C)C2. The van der Waals surface area contributed by atoms with Gasteiger partial charge in [0.05, 0.1) is 37.8 Å². The van der Waals surface area contributed by atoms with Gasteiger partial charge in [-0.15, -0.1) is 0 Å². The summed E-state index contributed by atoms with van der Waals surface area (Å²) in [4.78, 5) is 24.4. The Kier molecular flexibility index (Phi) is 6.80. The van der Waals surface area contributed by atoms with Crippen LogP contribution in [0.25, 0.3) is 0 Å². The van der Waals surface area contributed by atoms with E-state index >= 15 is 0 Å². The fourth-order valence-electron chi connectivity index (χ4n) is 2.52. The highest BCUT2D eigenvalue weighted by Crippen LogP contribution is 2.42. The number of nitrogens with zero attached hydrogens (tertiary/aromatic N) is 3. The van der Waals surface area contributed by atoms with Crippen molar-refractivity contribution in [2.45, 2.75) is 39.2 Å². The van der Waals surface area contributed by atoms with Crippen molar-refractivity contribution in [1.82, 2.24) is 8.61 Å². The Morgan fingerprint density at radius 1 is 1.37 bits per heavy atom. The van der Waals surface area contributed by atoms with Crippen LogP contribution in [0.2, 0.25) is 0 Å². The Bertz CT molecular complexity index is 747. The lowest BCUT2D eigenvalue weighted by atomic mass is 10.0. The zero-order valence-corrected chi connectivity index (χ0v) is 16.7. The van der Waals surface area contributed by atoms with E-state index in [1.165, 1.54) is 11.4 Å². The topological polar surface area (TPSA) is 92.1 Å². The van der Waals surface area contributed by atoms with E-state index in [1.807, 2.05) is 26.0 Å². The van der Waals surface area contributed by atoms with Crippen molar-refractivity contribution in [3.8, 4) is 17.6 Å². The lowest BCUT2D eigenvalue weighted by Gasteiger charge is -2.24. The second kappa shape index (κ2) is 8.86.